The summed E-state index contributed by atoms with van der Waals surface area (Å²) in [6.45, 7) is 12.9. The lowest BCUT2D eigenvalue weighted by molar-refractivity contribution is 0.176. The molecule has 7 nitrogen and oxygen atoms in total. The number of hydrogen-bond donors (Lipinski definition) is 2. The zero-order chi connectivity index (χ0) is 22.4. The van der Waals surface area contributed by atoms with Crippen molar-refractivity contribution in [1.82, 2.24) is 30.3 Å². The highest BCUT2D eigenvalue weighted by molar-refractivity contribution is 7.09. The molecule has 2 N–H and O–H groups in total. The molecular weight excluding hydrogens is 406 g/mol. The van der Waals surface area contributed by atoms with Gasteiger partial charge in [-0.05, 0) is 71.0 Å². The molecule has 2 aromatic rings. The molecule has 3 heterocycles. The van der Waals surface area contributed by atoms with Gasteiger partial charge in [0, 0.05) is 44.3 Å². The highest BCUT2D eigenvalue weighted by Crippen LogP contribution is 2.20. The van der Waals surface area contributed by atoms with Crippen molar-refractivity contribution in [3.8, 4) is 0 Å². The highest BCUT2D eigenvalue weighted by Gasteiger charge is 2.21. The maximum Gasteiger partial charge on any atom is 0.191 e. The Hall–Kier alpha value is -1.93. The Morgan fingerprint density at radius 1 is 1.32 bits per heavy atom. The monoisotopic (exact) mass is 445 g/mol. The first kappa shape index (κ1) is 23.7. The number of thiazole rings is 1. The summed E-state index contributed by atoms with van der Waals surface area (Å²) in [6.07, 6.45) is 4.42. The van der Waals surface area contributed by atoms with Crippen LogP contribution in [-0.2, 0) is 26.4 Å². The topological polar surface area (TPSA) is 70.4 Å². The zero-order valence-corrected chi connectivity index (χ0v) is 20.8. The third-order valence-corrected chi connectivity index (χ3v) is 7.37. The summed E-state index contributed by atoms with van der Waals surface area (Å²) in [6, 6.07) is 0.292. The Morgan fingerprint density at radius 3 is 2.65 bits per heavy atom. The van der Waals surface area contributed by atoms with Crippen molar-refractivity contribution < 1.29 is 0 Å². The molecular formula is C23H39N7S. The second kappa shape index (κ2) is 11.1. The van der Waals surface area contributed by atoms with E-state index < -0.39 is 0 Å². The van der Waals surface area contributed by atoms with Gasteiger partial charge in [-0.25, -0.2) is 4.98 Å². The molecule has 0 bridgehead atoms. The molecule has 0 aromatic carbocycles. The number of rotatable bonds is 8. The molecule has 1 aliphatic rings. The van der Waals surface area contributed by atoms with Gasteiger partial charge in [0.1, 0.15) is 0 Å². The van der Waals surface area contributed by atoms with E-state index in [1.54, 1.807) is 11.3 Å². The first-order valence-electron chi connectivity index (χ1n) is 11.5. The van der Waals surface area contributed by atoms with Gasteiger partial charge in [-0.1, -0.05) is 6.92 Å². The maximum atomic E-state index is 4.72. The van der Waals surface area contributed by atoms with Crippen LogP contribution in [0.15, 0.2) is 10.4 Å². The first-order valence-corrected chi connectivity index (χ1v) is 12.4. The molecule has 8 heteroatoms. The van der Waals surface area contributed by atoms with E-state index in [1.165, 1.54) is 34.8 Å². The van der Waals surface area contributed by atoms with Gasteiger partial charge in [0.2, 0.25) is 0 Å². The van der Waals surface area contributed by atoms with Gasteiger partial charge in [0.25, 0.3) is 0 Å². The number of nitrogens with one attached hydrogen (secondary N) is 2. The number of aromatic nitrogens is 3. The average Bonchev–Trinajstić information content (AvgIpc) is 3.31. The van der Waals surface area contributed by atoms with Crippen LogP contribution in [0, 0.1) is 19.8 Å². The van der Waals surface area contributed by atoms with E-state index in [0.717, 1.165) is 50.7 Å². The molecule has 1 unspecified atom stereocenters. The molecule has 1 atom stereocenters. The van der Waals surface area contributed by atoms with Crippen molar-refractivity contribution in [2.75, 3.05) is 26.7 Å². The summed E-state index contributed by atoms with van der Waals surface area (Å²) in [7, 11) is 3.86. The minimum atomic E-state index is 0.292. The van der Waals surface area contributed by atoms with E-state index in [1.807, 2.05) is 18.8 Å². The molecule has 0 saturated carbocycles. The van der Waals surface area contributed by atoms with E-state index in [-0.39, 0.29) is 0 Å². The van der Waals surface area contributed by atoms with Crippen molar-refractivity contribution >= 4 is 17.3 Å². The van der Waals surface area contributed by atoms with Crippen LogP contribution in [0.1, 0.15) is 54.3 Å². The summed E-state index contributed by atoms with van der Waals surface area (Å²) in [5.41, 5.74) is 4.92. The number of hydrogen-bond acceptors (Lipinski definition) is 5. The minimum absolute atomic E-state index is 0.292. The van der Waals surface area contributed by atoms with Crippen LogP contribution in [0.3, 0.4) is 0 Å². The molecule has 0 spiro atoms. The van der Waals surface area contributed by atoms with Crippen LogP contribution in [0.5, 0.6) is 0 Å². The lowest BCUT2D eigenvalue weighted by Crippen LogP contribution is -2.46. The predicted octanol–water partition coefficient (Wildman–Crippen LogP) is 3.06. The average molecular weight is 446 g/mol. The Morgan fingerprint density at radius 2 is 2.06 bits per heavy atom. The van der Waals surface area contributed by atoms with E-state index in [4.69, 9.17) is 4.98 Å². The van der Waals surface area contributed by atoms with Gasteiger partial charge < -0.3 is 10.6 Å². The fourth-order valence-electron chi connectivity index (χ4n) is 4.30. The maximum absolute atomic E-state index is 4.72. The number of likely N-dealkylation sites (tertiary alicyclic amines) is 1. The zero-order valence-electron chi connectivity index (χ0n) is 20.0. The number of aryl methyl sites for hydroxylation is 3. The predicted molar refractivity (Wildman–Crippen MR) is 130 cm³/mol. The van der Waals surface area contributed by atoms with E-state index in [2.05, 4.69) is 58.7 Å². The van der Waals surface area contributed by atoms with E-state index >= 15 is 0 Å². The van der Waals surface area contributed by atoms with Crippen molar-refractivity contribution in [2.24, 2.45) is 18.0 Å². The normalized spacial score (nSPS) is 17.2. The summed E-state index contributed by atoms with van der Waals surface area (Å²) < 4.78 is 1.97. The summed E-state index contributed by atoms with van der Waals surface area (Å²) in [5.74, 6) is 1.58. The SMILES string of the molecule is CCc1nc(CN2CCC(CNC(=NC)NC(C)Cc3c(C)nn(C)c3C)CC2)cs1. The lowest BCUT2D eigenvalue weighted by atomic mass is 9.97. The Kier molecular flexibility index (Phi) is 8.49. The molecule has 1 aliphatic heterocycles. The third kappa shape index (κ3) is 6.53. The summed E-state index contributed by atoms with van der Waals surface area (Å²) >= 11 is 1.79. The van der Waals surface area contributed by atoms with Gasteiger partial charge in [0.05, 0.1) is 16.4 Å². The fraction of sp³-hybridized carbons (Fsp3) is 0.696. The largest absolute Gasteiger partial charge is 0.356 e. The smallest absolute Gasteiger partial charge is 0.191 e. The van der Waals surface area contributed by atoms with Crippen LogP contribution in [-0.4, -0.2) is 58.3 Å². The van der Waals surface area contributed by atoms with Crippen LogP contribution >= 0.6 is 11.3 Å². The van der Waals surface area contributed by atoms with E-state index in [0.29, 0.717) is 12.0 Å². The molecule has 3 rings (SSSR count). The van der Waals surface area contributed by atoms with Crippen LogP contribution in [0.25, 0.3) is 0 Å². The number of piperidine rings is 1. The van der Waals surface area contributed by atoms with E-state index in [9.17, 15) is 0 Å². The van der Waals surface area contributed by atoms with Gasteiger partial charge in [-0.3, -0.25) is 14.6 Å². The van der Waals surface area contributed by atoms with Crippen molar-refractivity contribution in [2.45, 2.75) is 66.0 Å². The second-order valence-electron chi connectivity index (χ2n) is 8.78. The first-order chi connectivity index (χ1) is 14.9. The fourth-order valence-corrected chi connectivity index (χ4v) is 5.04. The molecule has 0 radical (unpaired) electrons. The summed E-state index contributed by atoms with van der Waals surface area (Å²) in [4.78, 5) is 11.7. The lowest BCUT2D eigenvalue weighted by Gasteiger charge is -2.32. The Balaban J connectivity index is 1.39. The van der Waals surface area contributed by atoms with Crippen molar-refractivity contribution in [3.05, 3.63) is 33.0 Å². The van der Waals surface area contributed by atoms with Gasteiger partial charge in [0.15, 0.2) is 5.96 Å². The van der Waals surface area contributed by atoms with Crippen LogP contribution < -0.4 is 10.6 Å². The number of guanidine groups is 1. The molecule has 31 heavy (non-hydrogen) atoms. The molecule has 2 aromatic heterocycles. The quantitative estimate of drug-likeness (QED) is 0.483. The molecule has 0 amide bonds. The Labute approximate surface area is 191 Å². The van der Waals surface area contributed by atoms with Crippen LogP contribution in [0.2, 0.25) is 0 Å². The summed E-state index contributed by atoms with van der Waals surface area (Å²) in [5, 5.41) is 15.1. The van der Waals surface area contributed by atoms with Gasteiger partial charge in [-0.15, -0.1) is 11.3 Å². The molecule has 1 saturated heterocycles. The van der Waals surface area contributed by atoms with Crippen molar-refractivity contribution in [1.29, 1.82) is 0 Å². The van der Waals surface area contributed by atoms with Gasteiger partial charge in [-0.2, -0.15) is 5.10 Å². The highest BCUT2D eigenvalue weighted by atomic mass is 32.1. The minimum Gasteiger partial charge on any atom is -0.356 e. The standard InChI is InChI=1S/C23H39N7S/c1-7-22-27-20(15-31-22)14-30-10-8-19(9-11-30)13-25-23(24-5)26-16(2)12-21-17(3)28-29(6)18(21)4/h15-16,19H,7-14H2,1-6H3,(H2,24,25,26). The third-order valence-electron chi connectivity index (χ3n) is 6.33. The molecule has 0 aliphatic carbocycles. The van der Waals surface area contributed by atoms with Gasteiger partial charge >= 0.3 is 0 Å². The Bertz CT molecular complexity index is 861. The molecule has 172 valence electrons. The molecule has 1 fully saturated rings. The number of aliphatic imine (C=N–C) groups is 1. The van der Waals surface area contributed by atoms with Crippen LogP contribution in [0.4, 0.5) is 0 Å². The number of nitrogens with zero attached hydrogens (tertiary/aromatic N) is 5. The second-order valence-corrected chi connectivity index (χ2v) is 9.72. The van der Waals surface area contributed by atoms with Crippen molar-refractivity contribution in [3.63, 3.8) is 0 Å².